The predicted octanol–water partition coefficient (Wildman–Crippen LogP) is 0.697. The SMILES string of the molecule is O=CNC1CCN(S(=O)(=O)CCCCC2CCNCC2)CC1. The van der Waals surface area contributed by atoms with E-state index in [0.29, 0.717) is 32.3 Å². The van der Waals surface area contributed by atoms with Crippen molar-refractivity contribution in [3.63, 3.8) is 0 Å². The third kappa shape index (κ3) is 5.52. The maximum Gasteiger partial charge on any atom is 0.214 e. The Balaban J connectivity index is 1.64. The van der Waals surface area contributed by atoms with E-state index >= 15 is 0 Å². The Morgan fingerprint density at radius 1 is 1.09 bits per heavy atom. The van der Waals surface area contributed by atoms with Crippen LogP contribution in [0.1, 0.15) is 44.9 Å². The van der Waals surface area contributed by atoms with Crippen LogP contribution in [0.2, 0.25) is 0 Å². The van der Waals surface area contributed by atoms with E-state index in [1.165, 1.54) is 12.8 Å². The summed E-state index contributed by atoms with van der Waals surface area (Å²) in [7, 11) is -3.12. The predicted molar refractivity (Wildman–Crippen MR) is 87.0 cm³/mol. The molecule has 0 spiro atoms. The van der Waals surface area contributed by atoms with E-state index in [1.807, 2.05) is 0 Å². The van der Waals surface area contributed by atoms with Gasteiger partial charge in [0, 0.05) is 19.1 Å². The molecule has 0 saturated carbocycles. The molecule has 2 aliphatic rings. The average Bonchev–Trinajstić information content (AvgIpc) is 2.53. The molecule has 1 amide bonds. The highest BCUT2D eigenvalue weighted by atomic mass is 32.2. The van der Waals surface area contributed by atoms with Crippen molar-refractivity contribution in [2.45, 2.75) is 51.0 Å². The second kappa shape index (κ2) is 8.84. The van der Waals surface area contributed by atoms with Crippen molar-refractivity contribution in [3.05, 3.63) is 0 Å². The second-order valence-electron chi connectivity index (χ2n) is 6.46. The Labute approximate surface area is 134 Å². The number of unbranched alkanes of at least 4 members (excludes halogenated alkanes) is 1. The summed E-state index contributed by atoms with van der Waals surface area (Å²) >= 11 is 0. The van der Waals surface area contributed by atoms with Crippen LogP contribution in [0.4, 0.5) is 0 Å². The van der Waals surface area contributed by atoms with Gasteiger partial charge in [0.1, 0.15) is 0 Å². The quantitative estimate of drug-likeness (QED) is 0.507. The van der Waals surface area contributed by atoms with Crippen LogP contribution in [-0.4, -0.2) is 57.1 Å². The lowest BCUT2D eigenvalue weighted by molar-refractivity contribution is -0.110. The van der Waals surface area contributed by atoms with Crippen LogP contribution in [0.25, 0.3) is 0 Å². The van der Waals surface area contributed by atoms with Gasteiger partial charge in [-0.05, 0) is 51.1 Å². The van der Waals surface area contributed by atoms with Crippen LogP contribution in [-0.2, 0) is 14.8 Å². The number of carbonyl (C=O) groups excluding carboxylic acids is 1. The Morgan fingerprint density at radius 3 is 2.41 bits per heavy atom. The van der Waals surface area contributed by atoms with Crippen LogP contribution in [0, 0.1) is 5.92 Å². The molecule has 2 heterocycles. The average molecular weight is 331 g/mol. The number of piperidine rings is 2. The largest absolute Gasteiger partial charge is 0.356 e. The van der Waals surface area contributed by atoms with E-state index in [4.69, 9.17) is 0 Å². The normalized spacial score (nSPS) is 22.5. The number of carbonyl (C=O) groups is 1. The second-order valence-corrected chi connectivity index (χ2v) is 8.55. The molecule has 0 aromatic heterocycles. The molecule has 2 rings (SSSR count). The van der Waals surface area contributed by atoms with Gasteiger partial charge in [-0.3, -0.25) is 4.79 Å². The van der Waals surface area contributed by atoms with Gasteiger partial charge in [-0.15, -0.1) is 0 Å². The molecule has 2 aliphatic heterocycles. The molecule has 7 heteroatoms. The summed E-state index contributed by atoms with van der Waals surface area (Å²) in [4.78, 5) is 10.4. The third-order valence-corrected chi connectivity index (χ3v) is 6.83. The Hall–Kier alpha value is -0.660. The van der Waals surface area contributed by atoms with Crippen LogP contribution in [0.15, 0.2) is 0 Å². The van der Waals surface area contributed by atoms with Crippen molar-refractivity contribution in [1.82, 2.24) is 14.9 Å². The Kier molecular flexibility index (Phi) is 7.11. The zero-order valence-electron chi connectivity index (χ0n) is 13.3. The number of hydrogen-bond acceptors (Lipinski definition) is 4. The molecule has 0 bridgehead atoms. The van der Waals surface area contributed by atoms with Crippen molar-refractivity contribution < 1.29 is 13.2 Å². The topological polar surface area (TPSA) is 78.5 Å². The molecule has 128 valence electrons. The minimum absolute atomic E-state index is 0.129. The first-order valence-electron chi connectivity index (χ1n) is 8.50. The lowest BCUT2D eigenvalue weighted by Gasteiger charge is -2.30. The molecular formula is C15H29N3O3S. The molecule has 0 atom stereocenters. The van der Waals surface area contributed by atoms with Crippen LogP contribution < -0.4 is 10.6 Å². The monoisotopic (exact) mass is 331 g/mol. The van der Waals surface area contributed by atoms with Gasteiger partial charge in [0.25, 0.3) is 0 Å². The van der Waals surface area contributed by atoms with E-state index in [1.54, 1.807) is 4.31 Å². The first-order valence-corrected chi connectivity index (χ1v) is 10.1. The molecule has 22 heavy (non-hydrogen) atoms. The Bertz CT molecular complexity index is 427. The van der Waals surface area contributed by atoms with E-state index < -0.39 is 10.0 Å². The zero-order chi connectivity index (χ0) is 15.8. The van der Waals surface area contributed by atoms with Gasteiger partial charge in [0.05, 0.1) is 5.75 Å². The number of sulfonamides is 1. The third-order valence-electron chi connectivity index (χ3n) is 4.87. The lowest BCUT2D eigenvalue weighted by atomic mass is 9.93. The molecule has 2 saturated heterocycles. The summed E-state index contributed by atoms with van der Waals surface area (Å²) in [6.45, 7) is 3.27. The summed E-state index contributed by atoms with van der Waals surface area (Å²) in [6.07, 6.45) is 7.51. The highest BCUT2D eigenvalue weighted by Crippen LogP contribution is 2.20. The van der Waals surface area contributed by atoms with Crippen LogP contribution in [0.5, 0.6) is 0 Å². The summed E-state index contributed by atoms with van der Waals surface area (Å²) in [6, 6.07) is 0.129. The number of nitrogens with zero attached hydrogens (tertiary/aromatic N) is 1. The van der Waals surface area contributed by atoms with Crippen molar-refractivity contribution in [2.75, 3.05) is 31.9 Å². The molecular weight excluding hydrogens is 302 g/mol. The summed E-state index contributed by atoms with van der Waals surface area (Å²) in [5.41, 5.74) is 0. The standard InChI is InChI=1S/C15H29N3O3S/c19-13-17-15-6-10-18(11-7-15)22(20,21)12-2-1-3-14-4-8-16-9-5-14/h13-16H,1-12H2,(H,17,19). The molecule has 6 nitrogen and oxygen atoms in total. The Morgan fingerprint density at radius 2 is 1.77 bits per heavy atom. The van der Waals surface area contributed by atoms with Gasteiger partial charge in [0.2, 0.25) is 16.4 Å². The summed E-state index contributed by atoms with van der Waals surface area (Å²) in [5.74, 6) is 1.04. The van der Waals surface area contributed by atoms with Crippen molar-refractivity contribution in [3.8, 4) is 0 Å². The van der Waals surface area contributed by atoms with E-state index in [0.717, 1.165) is 38.3 Å². The summed E-state index contributed by atoms with van der Waals surface area (Å²) in [5, 5.41) is 6.09. The minimum atomic E-state index is -3.12. The van der Waals surface area contributed by atoms with Crippen LogP contribution in [0.3, 0.4) is 0 Å². The van der Waals surface area contributed by atoms with Gasteiger partial charge < -0.3 is 10.6 Å². The molecule has 0 aliphatic carbocycles. The molecule has 0 radical (unpaired) electrons. The molecule has 0 aromatic carbocycles. The van der Waals surface area contributed by atoms with E-state index in [2.05, 4.69) is 10.6 Å². The highest BCUT2D eigenvalue weighted by molar-refractivity contribution is 7.89. The number of nitrogens with one attached hydrogen (secondary N) is 2. The van der Waals surface area contributed by atoms with Crippen molar-refractivity contribution >= 4 is 16.4 Å². The highest BCUT2D eigenvalue weighted by Gasteiger charge is 2.27. The molecule has 0 aromatic rings. The lowest BCUT2D eigenvalue weighted by Crippen LogP contribution is -2.45. The fraction of sp³-hybridized carbons (Fsp3) is 0.933. The molecule has 0 unspecified atom stereocenters. The van der Waals surface area contributed by atoms with Crippen molar-refractivity contribution in [2.24, 2.45) is 5.92 Å². The van der Waals surface area contributed by atoms with Gasteiger partial charge in [-0.25, -0.2) is 12.7 Å². The van der Waals surface area contributed by atoms with Gasteiger partial charge in [-0.1, -0.05) is 12.8 Å². The van der Waals surface area contributed by atoms with Crippen LogP contribution >= 0.6 is 0 Å². The first-order chi connectivity index (χ1) is 10.6. The van der Waals surface area contributed by atoms with Crippen molar-refractivity contribution in [1.29, 1.82) is 0 Å². The van der Waals surface area contributed by atoms with Gasteiger partial charge >= 0.3 is 0 Å². The number of hydrogen-bond donors (Lipinski definition) is 2. The maximum atomic E-state index is 12.3. The van der Waals surface area contributed by atoms with Gasteiger partial charge in [0.15, 0.2) is 0 Å². The fourth-order valence-corrected chi connectivity index (χ4v) is 5.01. The maximum absolute atomic E-state index is 12.3. The number of rotatable bonds is 8. The minimum Gasteiger partial charge on any atom is -0.356 e. The smallest absolute Gasteiger partial charge is 0.214 e. The molecule has 2 fully saturated rings. The summed E-state index contributed by atoms with van der Waals surface area (Å²) < 4.78 is 26.3. The molecule has 2 N–H and O–H groups in total. The zero-order valence-corrected chi connectivity index (χ0v) is 14.1. The first kappa shape index (κ1) is 17.7. The van der Waals surface area contributed by atoms with E-state index in [9.17, 15) is 13.2 Å². The number of amides is 1. The van der Waals surface area contributed by atoms with Gasteiger partial charge in [-0.2, -0.15) is 0 Å². The van der Waals surface area contributed by atoms with E-state index in [-0.39, 0.29) is 11.8 Å². The fourth-order valence-electron chi connectivity index (χ4n) is 3.41.